The minimum atomic E-state index is -1.00. The summed E-state index contributed by atoms with van der Waals surface area (Å²) in [6, 6.07) is 12.7. The van der Waals surface area contributed by atoms with E-state index in [1.54, 1.807) is 0 Å². The van der Waals surface area contributed by atoms with E-state index < -0.39 is 68.0 Å². The lowest BCUT2D eigenvalue weighted by Crippen LogP contribution is -2.79. The molecule has 2 aromatic carbocycles. The summed E-state index contributed by atoms with van der Waals surface area (Å²) in [4.78, 5) is 33.6. The third kappa shape index (κ3) is 7.88. The van der Waals surface area contributed by atoms with E-state index in [9.17, 15) is 25.5 Å². The molecular formula is C75H101N3O8. The Kier molecular flexibility index (Phi) is 13.6. The minimum absolute atomic E-state index is 0.0132. The number of hydrogen-bond acceptors (Lipinski definition) is 11. The van der Waals surface area contributed by atoms with Crippen LogP contribution in [0.3, 0.4) is 0 Å². The predicted octanol–water partition coefficient (Wildman–Crippen LogP) is 11.1. The molecule has 11 nitrogen and oxygen atoms in total. The summed E-state index contributed by atoms with van der Waals surface area (Å²) in [6.45, 7) is 14.8. The lowest BCUT2D eigenvalue weighted by Gasteiger charge is -2.77. The lowest BCUT2D eigenvalue weighted by molar-refractivity contribution is -0.261. The van der Waals surface area contributed by atoms with Crippen molar-refractivity contribution in [2.24, 2.45) is 98.6 Å². The number of nitrogen functional groups attached to an aromatic ring is 1. The first kappa shape index (κ1) is 58.4. The standard InChI is InChI=1S/C75H101N3O8/c1-41(2)28-42-29-46(33-48(76)31-42)50-12-10-13-54(50)71(6)65(86-71)64(83)53-19-18-52-45(38-79)15-17-51-44-16-21-57(81)56(34-44)75-39-73-26-27-74(47-30-43(37-77-7)32-49(80)35-47)59-14-11-25-72(67(74)84,24-9-8-23-68(3,85)40-78-73)66(73)70(59,5)60(75)22-20-55-63(62(53)61(51)52)58(82)36-69(55,75)4/h11,14,16,18-19,21,29-33,35,41,44-45,50-54,56-57,59-62,64-66,77-81,83,85H,8-10,12-13,15,17,20,22-28,34,36-40,76H2,1-7H3/t44-,45-,50-,51+,52-,53+,54+,56-,57-,59+,60+,61+,62-,64+,65+,66+,68+,69-,70-,71+,72-,73-,74+,75+/m0/s1. The third-order valence-electron chi connectivity index (χ3n) is 28.3. The molecule has 11 heteroatoms. The van der Waals surface area contributed by atoms with Crippen LogP contribution in [-0.4, -0.2) is 92.4 Å². The van der Waals surface area contributed by atoms with Gasteiger partial charge in [-0.3, -0.25) is 9.59 Å². The molecule has 0 radical (unpaired) electrons. The number of ether oxygens (including phenoxy) is 1. The van der Waals surface area contributed by atoms with E-state index in [0.717, 1.165) is 99.4 Å². The van der Waals surface area contributed by atoms with Gasteiger partial charge in [0.25, 0.3) is 0 Å². The zero-order chi connectivity index (χ0) is 60.0. The van der Waals surface area contributed by atoms with Gasteiger partial charge in [0, 0.05) is 54.1 Å². The Morgan fingerprint density at radius 2 is 1.69 bits per heavy atom. The Balaban J connectivity index is 0.915. The van der Waals surface area contributed by atoms with Crippen LogP contribution in [0.4, 0.5) is 5.69 Å². The summed E-state index contributed by atoms with van der Waals surface area (Å²) >= 11 is 0. The van der Waals surface area contributed by atoms with Crippen LogP contribution in [0.2, 0.25) is 0 Å². The van der Waals surface area contributed by atoms with Crippen LogP contribution in [0.5, 0.6) is 5.75 Å². The average Bonchev–Trinajstić information content (AvgIpc) is 1.38. The van der Waals surface area contributed by atoms with Gasteiger partial charge in [-0.1, -0.05) is 101 Å². The number of ketones is 2. The van der Waals surface area contributed by atoms with Crippen molar-refractivity contribution in [2.75, 3.05) is 25.9 Å². The Labute approximate surface area is 511 Å². The number of β-amino-alcohol motifs (C(OH)–C–C–N with tert-alkyl or cyclic N) is 1. The van der Waals surface area contributed by atoms with Gasteiger partial charge in [-0.15, -0.1) is 0 Å². The number of nitrogens with two attached hydrogens (primary N) is 1. The van der Waals surface area contributed by atoms with Gasteiger partial charge in [0.05, 0.1) is 28.8 Å². The number of anilines is 1. The van der Waals surface area contributed by atoms with Crippen molar-refractivity contribution < 1.29 is 39.9 Å². The number of fused-ring (bicyclic) bond motifs is 6. The Hall–Kier alpha value is -3.94. The molecule has 7 saturated carbocycles. The highest BCUT2D eigenvalue weighted by Gasteiger charge is 2.84. The van der Waals surface area contributed by atoms with Gasteiger partial charge >= 0.3 is 0 Å². The number of nitrogens with one attached hydrogen (secondary N) is 2. The molecule has 12 bridgehead atoms. The highest BCUT2D eigenvalue weighted by molar-refractivity contribution is 6.01. The molecule has 9 N–H and O–H groups in total. The molecule has 17 rings (SSSR count). The van der Waals surface area contributed by atoms with Crippen LogP contribution in [-0.2, 0) is 32.7 Å². The SMILES string of the molecule is CNCc1cc(O)cc([C@]23CC[C@@]45C[C@@]67[C@H](CCC8=C(C(=O)C[C@@]86C)[C@H]6[C@H]([C@@H](O)[C@H]8O[C@]8(C)[C@@H]8CCC[C@H]8c8cc(N)cc(CC(C)C)c8)C=C[C@H]8[C@H](CO)CC[C@@H]([C@H]86)[C@H]6C=C[C@H](O)[C@@H]7C6)[C@]6(C)[C@H]2C=CC[C@](CCCC[C@@](C)(O)CN4)(C3=O)[C@H]56)c1. The fraction of sp³-hybridized carbons (Fsp3) is 0.707. The van der Waals surface area contributed by atoms with Crippen LogP contribution in [0, 0.1) is 98.6 Å². The quantitative estimate of drug-likeness (QED) is 0.0640. The maximum absolute atomic E-state index is 17.0. The lowest BCUT2D eigenvalue weighted by atomic mass is 9.27. The predicted molar refractivity (Wildman–Crippen MR) is 334 cm³/mol. The van der Waals surface area contributed by atoms with Gasteiger partial charge < -0.3 is 46.6 Å². The number of phenolic OH excluding ortho intramolecular Hbond substituents is 1. The molecule has 9 fully saturated rings. The average molecular weight is 1170 g/mol. The molecule has 86 heavy (non-hydrogen) atoms. The Bertz CT molecular complexity index is 3240. The van der Waals surface area contributed by atoms with Gasteiger partial charge in [-0.2, -0.15) is 0 Å². The fourth-order valence-electron chi connectivity index (χ4n) is 25.7. The number of allylic oxidation sites excluding steroid dienone is 6. The van der Waals surface area contributed by atoms with E-state index >= 15 is 9.59 Å². The molecule has 0 unspecified atom stereocenters. The number of aromatic hydroxyl groups is 1. The maximum Gasteiger partial charge on any atom is 0.160 e. The summed E-state index contributed by atoms with van der Waals surface area (Å²) in [6.07, 6.45) is 26.0. The molecular weight excluding hydrogens is 1070 g/mol. The number of carbonyl (C=O) groups is 2. The van der Waals surface area contributed by atoms with Crippen molar-refractivity contribution in [2.45, 2.75) is 210 Å². The molecule has 464 valence electrons. The summed E-state index contributed by atoms with van der Waals surface area (Å²) < 4.78 is 7.07. The van der Waals surface area contributed by atoms with Crippen LogP contribution in [0.1, 0.15) is 179 Å². The maximum atomic E-state index is 17.0. The number of carbonyl (C=O) groups excluding carboxylic acids is 2. The van der Waals surface area contributed by atoms with E-state index in [1.807, 2.05) is 26.1 Å². The molecule has 2 heterocycles. The third-order valence-corrected chi connectivity index (χ3v) is 28.3. The second-order valence-electron chi connectivity index (χ2n) is 32.8. The fourth-order valence-corrected chi connectivity index (χ4v) is 25.7. The summed E-state index contributed by atoms with van der Waals surface area (Å²) in [5.74, 6) is 0.641. The van der Waals surface area contributed by atoms with Crippen molar-refractivity contribution >= 4 is 17.3 Å². The molecule has 13 aliphatic carbocycles. The second-order valence-corrected chi connectivity index (χ2v) is 32.8. The Morgan fingerprint density at radius 3 is 2.48 bits per heavy atom. The van der Waals surface area contributed by atoms with Gasteiger partial charge in [0.2, 0.25) is 0 Å². The zero-order valence-electron chi connectivity index (χ0n) is 52.6. The highest BCUT2D eigenvalue weighted by atomic mass is 16.6. The zero-order valence-corrected chi connectivity index (χ0v) is 52.6. The smallest absolute Gasteiger partial charge is 0.160 e. The van der Waals surface area contributed by atoms with Crippen LogP contribution >= 0.6 is 0 Å². The number of epoxide rings is 1. The summed E-state index contributed by atoms with van der Waals surface area (Å²) in [7, 11) is 1.93. The first-order valence-electron chi connectivity index (χ1n) is 34.4. The van der Waals surface area contributed by atoms with E-state index in [-0.39, 0.29) is 89.2 Å². The van der Waals surface area contributed by atoms with E-state index in [0.29, 0.717) is 63.3 Å². The molecule has 2 aromatic rings. The largest absolute Gasteiger partial charge is 0.508 e. The van der Waals surface area contributed by atoms with Crippen LogP contribution in [0.25, 0.3) is 0 Å². The number of aliphatic hydroxyl groups excluding tert-OH is 3. The molecule has 0 aromatic heterocycles. The number of benzene rings is 2. The van der Waals surface area contributed by atoms with Crippen LogP contribution in [0.15, 0.2) is 84.0 Å². The van der Waals surface area contributed by atoms with Crippen molar-refractivity contribution in [3.8, 4) is 5.75 Å². The number of phenols is 1. The van der Waals surface area contributed by atoms with Gasteiger partial charge in [0.15, 0.2) is 11.6 Å². The summed E-state index contributed by atoms with van der Waals surface area (Å²) in [5, 5.41) is 70.4. The molecule has 2 saturated heterocycles. The monoisotopic (exact) mass is 1170 g/mol. The highest BCUT2D eigenvalue weighted by Crippen LogP contribution is 2.85. The second kappa shape index (κ2) is 20.0. The van der Waals surface area contributed by atoms with Crippen molar-refractivity contribution in [1.29, 1.82) is 0 Å². The molecule has 2 aliphatic heterocycles. The first-order chi connectivity index (χ1) is 41.0. The topological polar surface area (TPSA) is 198 Å². The van der Waals surface area contributed by atoms with E-state index in [2.05, 4.69) is 106 Å². The summed E-state index contributed by atoms with van der Waals surface area (Å²) in [5.41, 5.74) is 8.21. The minimum Gasteiger partial charge on any atom is -0.508 e. The number of hydrogen-bond donors (Lipinski definition) is 8. The van der Waals surface area contributed by atoms with Crippen molar-refractivity contribution in [1.82, 2.24) is 10.6 Å². The number of Topliss-reactive ketones (excluding diaryl/α,β-unsaturated/α-hetero) is 2. The van der Waals surface area contributed by atoms with Crippen molar-refractivity contribution in [3.63, 3.8) is 0 Å². The van der Waals surface area contributed by atoms with Gasteiger partial charge in [0.1, 0.15) is 11.9 Å². The van der Waals surface area contributed by atoms with Gasteiger partial charge in [-0.05, 0) is 251 Å². The van der Waals surface area contributed by atoms with E-state index in [4.69, 9.17) is 10.5 Å². The van der Waals surface area contributed by atoms with E-state index in [1.165, 1.54) is 16.7 Å². The molecule has 15 aliphatic rings. The number of aliphatic hydroxyl groups is 4. The van der Waals surface area contributed by atoms with Gasteiger partial charge in [-0.25, -0.2) is 0 Å². The first-order valence-corrected chi connectivity index (χ1v) is 34.4. The van der Waals surface area contributed by atoms with Crippen molar-refractivity contribution in [3.05, 3.63) is 106 Å². The normalized spacial score (nSPS) is 48.9. The number of rotatable bonds is 10. The Morgan fingerprint density at radius 1 is 0.872 bits per heavy atom. The molecule has 0 amide bonds. The molecule has 2 spiro atoms. The van der Waals surface area contributed by atoms with Crippen LogP contribution < -0.4 is 16.4 Å². The molecule has 24 atom stereocenters.